The fraction of sp³-hybridized carbons (Fsp3) is 0.125. The number of rotatable bonds is 0. The van der Waals surface area contributed by atoms with E-state index >= 15 is 0 Å². The van der Waals surface area contributed by atoms with E-state index in [4.69, 9.17) is 8.83 Å². The first-order valence-corrected chi connectivity index (χ1v) is 6.50. The molecule has 0 bridgehead atoms. The standard InChI is InChI=1S/2C7H5NO.C2H6/c2*1-2-4-7-6(3-1)8-5-9-7;1-2/h2*1-5H;1-2H3. The summed E-state index contributed by atoms with van der Waals surface area (Å²) in [6, 6.07) is 15.3. The van der Waals surface area contributed by atoms with Crippen molar-refractivity contribution < 1.29 is 8.83 Å². The van der Waals surface area contributed by atoms with Crippen LogP contribution in [0.3, 0.4) is 0 Å². The smallest absolute Gasteiger partial charge is 0.181 e. The van der Waals surface area contributed by atoms with Crippen molar-refractivity contribution >= 4 is 22.2 Å². The summed E-state index contributed by atoms with van der Waals surface area (Å²) in [6.07, 6.45) is 2.90. The number of benzene rings is 2. The number of oxazole rings is 2. The second-order valence-corrected chi connectivity index (χ2v) is 3.64. The summed E-state index contributed by atoms with van der Waals surface area (Å²) in [6.45, 7) is 4.00. The Morgan fingerprint density at radius 2 is 1.05 bits per heavy atom. The van der Waals surface area contributed by atoms with Crippen molar-refractivity contribution in [3.63, 3.8) is 0 Å². The monoisotopic (exact) mass is 268 g/mol. The molecule has 0 fully saturated rings. The first-order valence-electron chi connectivity index (χ1n) is 6.50. The van der Waals surface area contributed by atoms with E-state index < -0.39 is 0 Å². The lowest BCUT2D eigenvalue weighted by atomic mass is 10.3. The van der Waals surface area contributed by atoms with Gasteiger partial charge in [0.05, 0.1) is 0 Å². The molecule has 0 saturated heterocycles. The molecule has 0 aliphatic carbocycles. The molecule has 102 valence electrons. The second kappa shape index (κ2) is 7.09. The van der Waals surface area contributed by atoms with Crippen molar-refractivity contribution in [1.82, 2.24) is 9.97 Å². The van der Waals surface area contributed by atoms with Crippen molar-refractivity contribution in [3.05, 3.63) is 61.3 Å². The predicted molar refractivity (Wildman–Crippen MR) is 79.4 cm³/mol. The van der Waals surface area contributed by atoms with Gasteiger partial charge in [-0.05, 0) is 24.3 Å². The van der Waals surface area contributed by atoms with Crippen LogP contribution < -0.4 is 0 Å². The third-order valence-electron chi connectivity index (χ3n) is 2.47. The van der Waals surface area contributed by atoms with E-state index in [-0.39, 0.29) is 0 Å². The fourth-order valence-corrected chi connectivity index (χ4v) is 1.61. The molecule has 0 amide bonds. The van der Waals surface area contributed by atoms with Gasteiger partial charge in [0.1, 0.15) is 11.0 Å². The van der Waals surface area contributed by atoms with Gasteiger partial charge in [0.25, 0.3) is 0 Å². The molecule has 0 aliphatic rings. The van der Waals surface area contributed by atoms with Crippen LogP contribution in [0.1, 0.15) is 13.8 Å². The highest BCUT2D eigenvalue weighted by molar-refractivity contribution is 5.71. The molecule has 0 aliphatic heterocycles. The molecule has 0 saturated carbocycles. The summed E-state index contributed by atoms with van der Waals surface area (Å²) in [4.78, 5) is 7.90. The summed E-state index contributed by atoms with van der Waals surface area (Å²) in [5, 5.41) is 0. The normalized spacial score (nSPS) is 9.50. The highest BCUT2D eigenvalue weighted by Gasteiger charge is 1.92. The lowest BCUT2D eigenvalue weighted by Gasteiger charge is -1.79. The van der Waals surface area contributed by atoms with E-state index in [1.165, 1.54) is 12.8 Å². The maximum absolute atomic E-state index is 5.01. The van der Waals surface area contributed by atoms with E-state index in [1.807, 2.05) is 62.4 Å². The minimum Gasteiger partial charge on any atom is -0.443 e. The van der Waals surface area contributed by atoms with Crippen LogP contribution in [0.15, 0.2) is 70.2 Å². The number of hydrogen-bond acceptors (Lipinski definition) is 4. The zero-order valence-corrected chi connectivity index (χ0v) is 11.5. The molecule has 2 aromatic carbocycles. The summed E-state index contributed by atoms with van der Waals surface area (Å²) in [5.74, 6) is 0. The number of aromatic nitrogens is 2. The molecule has 0 N–H and O–H groups in total. The van der Waals surface area contributed by atoms with Crippen molar-refractivity contribution in [1.29, 1.82) is 0 Å². The molecular formula is C16H16N2O2. The van der Waals surface area contributed by atoms with Crippen LogP contribution in [0.2, 0.25) is 0 Å². The van der Waals surface area contributed by atoms with Crippen LogP contribution in [0.5, 0.6) is 0 Å². The van der Waals surface area contributed by atoms with Gasteiger partial charge in [0, 0.05) is 0 Å². The van der Waals surface area contributed by atoms with E-state index in [0.717, 1.165) is 22.2 Å². The molecule has 4 nitrogen and oxygen atoms in total. The first kappa shape index (κ1) is 13.8. The van der Waals surface area contributed by atoms with Crippen LogP contribution in [-0.2, 0) is 0 Å². The van der Waals surface area contributed by atoms with Gasteiger partial charge < -0.3 is 8.83 Å². The van der Waals surface area contributed by atoms with Crippen molar-refractivity contribution in [3.8, 4) is 0 Å². The number of hydrogen-bond donors (Lipinski definition) is 0. The summed E-state index contributed by atoms with van der Waals surface area (Å²) in [7, 11) is 0. The maximum Gasteiger partial charge on any atom is 0.181 e. The van der Waals surface area contributed by atoms with Crippen molar-refractivity contribution in [2.75, 3.05) is 0 Å². The maximum atomic E-state index is 5.01. The lowest BCUT2D eigenvalue weighted by Crippen LogP contribution is -1.61. The van der Waals surface area contributed by atoms with E-state index in [2.05, 4.69) is 9.97 Å². The highest BCUT2D eigenvalue weighted by Crippen LogP contribution is 2.09. The fourth-order valence-electron chi connectivity index (χ4n) is 1.61. The quantitative estimate of drug-likeness (QED) is 0.464. The molecular weight excluding hydrogens is 252 g/mol. The Morgan fingerprint density at radius 1 is 0.650 bits per heavy atom. The molecule has 0 unspecified atom stereocenters. The summed E-state index contributed by atoms with van der Waals surface area (Å²) >= 11 is 0. The van der Waals surface area contributed by atoms with Gasteiger partial charge in [0.2, 0.25) is 0 Å². The van der Waals surface area contributed by atoms with E-state index in [1.54, 1.807) is 0 Å². The Balaban J connectivity index is 0.000000131. The van der Waals surface area contributed by atoms with Crippen LogP contribution in [0.4, 0.5) is 0 Å². The van der Waals surface area contributed by atoms with Crippen molar-refractivity contribution in [2.24, 2.45) is 0 Å². The summed E-state index contributed by atoms with van der Waals surface area (Å²) < 4.78 is 10.0. The molecule has 2 aromatic heterocycles. The molecule has 4 aromatic rings. The zero-order valence-electron chi connectivity index (χ0n) is 11.5. The molecule has 4 heteroatoms. The third-order valence-corrected chi connectivity index (χ3v) is 2.47. The average molecular weight is 268 g/mol. The Morgan fingerprint density at radius 3 is 1.45 bits per heavy atom. The second-order valence-electron chi connectivity index (χ2n) is 3.64. The predicted octanol–water partition coefficient (Wildman–Crippen LogP) is 4.68. The summed E-state index contributed by atoms with van der Waals surface area (Å²) in [5.41, 5.74) is 3.52. The number of fused-ring (bicyclic) bond motifs is 2. The zero-order chi connectivity index (χ0) is 14.2. The SMILES string of the molecule is CC.c1ccc2ocnc2c1.c1ccc2ocnc2c1. The van der Waals surface area contributed by atoms with Gasteiger partial charge in [-0.2, -0.15) is 0 Å². The average Bonchev–Trinajstić information content (AvgIpc) is 3.18. The molecule has 4 rings (SSSR count). The van der Waals surface area contributed by atoms with Gasteiger partial charge in [-0.1, -0.05) is 38.1 Å². The van der Waals surface area contributed by atoms with Gasteiger partial charge in [0.15, 0.2) is 24.0 Å². The number of para-hydroxylation sites is 4. The Bertz CT molecular complexity index is 632. The topological polar surface area (TPSA) is 52.1 Å². The van der Waals surface area contributed by atoms with Gasteiger partial charge in [-0.3, -0.25) is 0 Å². The Hall–Kier alpha value is -2.62. The minimum atomic E-state index is 0.845. The van der Waals surface area contributed by atoms with Crippen LogP contribution in [0.25, 0.3) is 22.2 Å². The van der Waals surface area contributed by atoms with Crippen LogP contribution in [0, 0.1) is 0 Å². The first-order chi connectivity index (χ1) is 9.93. The Labute approximate surface area is 117 Å². The molecule has 0 radical (unpaired) electrons. The van der Waals surface area contributed by atoms with Crippen molar-refractivity contribution in [2.45, 2.75) is 13.8 Å². The number of nitrogens with zero attached hydrogens (tertiary/aromatic N) is 2. The van der Waals surface area contributed by atoms with E-state index in [0.29, 0.717) is 0 Å². The van der Waals surface area contributed by atoms with Crippen LogP contribution in [-0.4, -0.2) is 9.97 Å². The van der Waals surface area contributed by atoms with Gasteiger partial charge in [-0.25, -0.2) is 9.97 Å². The third kappa shape index (κ3) is 3.23. The van der Waals surface area contributed by atoms with Crippen LogP contribution >= 0.6 is 0 Å². The molecule has 20 heavy (non-hydrogen) atoms. The Kier molecular flexibility index (Phi) is 4.89. The highest BCUT2D eigenvalue weighted by atomic mass is 16.3. The molecule has 0 spiro atoms. The van der Waals surface area contributed by atoms with Gasteiger partial charge >= 0.3 is 0 Å². The molecule has 2 heterocycles. The van der Waals surface area contributed by atoms with Gasteiger partial charge in [-0.15, -0.1) is 0 Å². The lowest BCUT2D eigenvalue weighted by molar-refractivity contribution is 0.602. The molecule has 0 atom stereocenters. The van der Waals surface area contributed by atoms with E-state index in [9.17, 15) is 0 Å². The largest absolute Gasteiger partial charge is 0.443 e. The minimum absolute atomic E-state index is 0.845.